The predicted molar refractivity (Wildman–Crippen MR) is 87.5 cm³/mol. The van der Waals surface area contributed by atoms with Crippen LogP contribution in [0.15, 0.2) is 18.2 Å². The molecule has 0 spiro atoms. The van der Waals surface area contributed by atoms with E-state index in [-0.39, 0.29) is 18.1 Å². The third kappa shape index (κ3) is 4.06. The lowest BCUT2D eigenvalue weighted by Gasteiger charge is -2.42. The first kappa shape index (κ1) is 17.4. The summed E-state index contributed by atoms with van der Waals surface area (Å²) in [5.74, 6) is 0.237. The summed E-state index contributed by atoms with van der Waals surface area (Å²) in [5.41, 5.74) is 0.973. The van der Waals surface area contributed by atoms with Crippen LogP contribution in [0.5, 0.6) is 0 Å². The number of amides is 1. The lowest BCUT2D eigenvalue weighted by Crippen LogP contribution is -2.52. The number of ether oxygens (including phenoxy) is 2. The van der Waals surface area contributed by atoms with Crippen molar-refractivity contribution in [1.82, 2.24) is 4.90 Å². The average molecular weight is 346 g/mol. The van der Waals surface area contributed by atoms with Crippen molar-refractivity contribution in [3.63, 3.8) is 0 Å². The summed E-state index contributed by atoms with van der Waals surface area (Å²) in [6, 6.07) is 5.49. The predicted octanol–water partition coefficient (Wildman–Crippen LogP) is 4.55. The molecule has 22 heavy (non-hydrogen) atoms. The van der Waals surface area contributed by atoms with E-state index in [1.807, 2.05) is 12.1 Å². The molecule has 0 bridgehead atoms. The molecule has 122 valence electrons. The van der Waals surface area contributed by atoms with E-state index >= 15 is 0 Å². The van der Waals surface area contributed by atoms with Crippen LogP contribution in [0.2, 0.25) is 10.0 Å². The first-order valence-electron chi connectivity index (χ1n) is 7.46. The molecule has 0 saturated carbocycles. The van der Waals surface area contributed by atoms with Gasteiger partial charge in [-0.25, -0.2) is 4.79 Å². The summed E-state index contributed by atoms with van der Waals surface area (Å²) in [7, 11) is 1.66. The van der Waals surface area contributed by atoms with Gasteiger partial charge in [0.25, 0.3) is 0 Å². The molecule has 1 aliphatic heterocycles. The third-order valence-electron chi connectivity index (χ3n) is 3.85. The Morgan fingerprint density at radius 2 is 2.09 bits per heavy atom. The maximum atomic E-state index is 11.8. The van der Waals surface area contributed by atoms with Crippen LogP contribution in [0, 0.1) is 5.92 Å². The molecule has 1 aromatic rings. The summed E-state index contributed by atoms with van der Waals surface area (Å²) in [6.07, 6.45) is 1.56. The number of hydrogen-bond acceptors (Lipinski definition) is 3. The number of rotatable bonds is 6. The summed E-state index contributed by atoms with van der Waals surface area (Å²) >= 11 is 12.0. The van der Waals surface area contributed by atoms with Gasteiger partial charge in [0.05, 0.1) is 22.8 Å². The first-order chi connectivity index (χ1) is 10.6. The largest absolute Gasteiger partial charge is 0.449 e. The smallest absolute Gasteiger partial charge is 0.409 e. The van der Waals surface area contributed by atoms with Crippen LogP contribution in [0.4, 0.5) is 4.79 Å². The third-order valence-corrected chi connectivity index (χ3v) is 4.58. The van der Waals surface area contributed by atoms with E-state index in [9.17, 15) is 4.79 Å². The molecule has 0 N–H and O–H groups in total. The molecular formula is C16H21Cl2NO3. The van der Waals surface area contributed by atoms with Gasteiger partial charge in [0.1, 0.15) is 0 Å². The molecule has 1 atom stereocenters. The van der Waals surface area contributed by atoms with Gasteiger partial charge in [0, 0.05) is 26.1 Å². The van der Waals surface area contributed by atoms with Gasteiger partial charge >= 0.3 is 6.09 Å². The van der Waals surface area contributed by atoms with Crippen LogP contribution in [0.1, 0.15) is 31.4 Å². The SMILES string of the molecule is CCCCOC(=O)N1CC(C(OC)c2ccc(Cl)c(Cl)c2)C1. The molecule has 1 fully saturated rings. The number of unbranched alkanes of at least 4 members (excludes halogenated alkanes) is 1. The van der Waals surface area contributed by atoms with Crippen molar-refractivity contribution in [2.24, 2.45) is 5.92 Å². The van der Waals surface area contributed by atoms with Crippen LogP contribution in [0.3, 0.4) is 0 Å². The summed E-state index contributed by atoms with van der Waals surface area (Å²) in [5, 5.41) is 1.03. The van der Waals surface area contributed by atoms with E-state index in [1.54, 1.807) is 18.1 Å². The number of likely N-dealkylation sites (tertiary alicyclic amines) is 1. The van der Waals surface area contributed by atoms with Gasteiger partial charge in [-0.1, -0.05) is 42.6 Å². The topological polar surface area (TPSA) is 38.8 Å². The standard InChI is InChI=1S/C16H21Cl2NO3/c1-3-4-7-22-16(20)19-9-12(10-19)15(21-2)11-5-6-13(17)14(18)8-11/h5-6,8,12,15H,3-4,7,9-10H2,1-2H3. The van der Waals surface area contributed by atoms with E-state index in [1.165, 1.54) is 0 Å². The second-order valence-corrected chi connectivity index (χ2v) is 6.28. The number of hydrogen-bond donors (Lipinski definition) is 0. The van der Waals surface area contributed by atoms with Gasteiger partial charge in [0.2, 0.25) is 0 Å². The highest BCUT2D eigenvalue weighted by Crippen LogP contribution is 2.35. The highest BCUT2D eigenvalue weighted by molar-refractivity contribution is 6.42. The molecule has 0 aliphatic carbocycles. The second kappa shape index (κ2) is 8.04. The fourth-order valence-electron chi connectivity index (χ4n) is 2.54. The van der Waals surface area contributed by atoms with E-state index < -0.39 is 0 Å². The summed E-state index contributed by atoms with van der Waals surface area (Å²) in [4.78, 5) is 13.5. The molecule has 1 amide bonds. The highest BCUT2D eigenvalue weighted by atomic mass is 35.5. The van der Waals surface area contributed by atoms with Crippen molar-refractivity contribution in [2.75, 3.05) is 26.8 Å². The van der Waals surface area contributed by atoms with Crippen molar-refractivity contribution in [3.05, 3.63) is 33.8 Å². The number of nitrogens with zero attached hydrogens (tertiary/aromatic N) is 1. The minimum atomic E-state index is -0.242. The van der Waals surface area contributed by atoms with E-state index in [2.05, 4.69) is 6.92 Å². The lowest BCUT2D eigenvalue weighted by atomic mass is 9.89. The van der Waals surface area contributed by atoms with Crippen LogP contribution in [-0.2, 0) is 9.47 Å². The first-order valence-corrected chi connectivity index (χ1v) is 8.21. The Morgan fingerprint density at radius 1 is 1.36 bits per heavy atom. The fourth-order valence-corrected chi connectivity index (χ4v) is 2.84. The maximum absolute atomic E-state index is 11.8. The minimum Gasteiger partial charge on any atom is -0.449 e. The molecular weight excluding hydrogens is 325 g/mol. The monoisotopic (exact) mass is 345 g/mol. The Bertz CT molecular complexity index is 518. The molecule has 6 heteroatoms. The van der Waals surface area contributed by atoms with Gasteiger partial charge < -0.3 is 14.4 Å². The second-order valence-electron chi connectivity index (χ2n) is 5.46. The van der Waals surface area contributed by atoms with Crippen LogP contribution in [-0.4, -0.2) is 37.8 Å². The van der Waals surface area contributed by atoms with Crippen molar-refractivity contribution >= 4 is 29.3 Å². The Labute approximate surface area is 141 Å². The van der Waals surface area contributed by atoms with Crippen molar-refractivity contribution < 1.29 is 14.3 Å². The van der Waals surface area contributed by atoms with Gasteiger partial charge in [-0.3, -0.25) is 0 Å². The quantitative estimate of drug-likeness (QED) is 0.710. The van der Waals surface area contributed by atoms with E-state index in [0.29, 0.717) is 29.7 Å². The molecule has 1 heterocycles. The van der Waals surface area contributed by atoms with Gasteiger partial charge in [-0.15, -0.1) is 0 Å². The van der Waals surface area contributed by atoms with Gasteiger partial charge in [-0.2, -0.15) is 0 Å². The van der Waals surface area contributed by atoms with Crippen molar-refractivity contribution in [3.8, 4) is 0 Å². The maximum Gasteiger partial charge on any atom is 0.409 e. The molecule has 2 rings (SSSR count). The number of carbonyl (C=O) groups is 1. The van der Waals surface area contributed by atoms with Crippen LogP contribution >= 0.6 is 23.2 Å². The summed E-state index contributed by atoms with van der Waals surface area (Å²) in [6.45, 7) is 3.80. The molecule has 1 saturated heterocycles. The van der Waals surface area contributed by atoms with Gasteiger partial charge in [0.15, 0.2) is 0 Å². The molecule has 0 aromatic heterocycles. The van der Waals surface area contributed by atoms with Crippen LogP contribution < -0.4 is 0 Å². The number of halogens is 2. The summed E-state index contributed by atoms with van der Waals surface area (Å²) < 4.78 is 10.8. The normalized spacial score (nSPS) is 16.3. The zero-order valence-electron chi connectivity index (χ0n) is 12.9. The molecule has 4 nitrogen and oxygen atoms in total. The van der Waals surface area contributed by atoms with Gasteiger partial charge in [-0.05, 0) is 24.1 Å². The minimum absolute atomic E-state index is 0.102. The zero-order valence-corrected chi connectivity index (χ0v) is 14.4. The van der Waals surface area contributed by atoms with Crippen molar-refractivity contribution in [1.29, 1.82) is 0 Å². The lowest BCUT2D eigenvalue weighted by molar-refractivity contribution is -0.0284. The fraction of sp³-hybridized carbons (Fsp3) is 0.562. The van der Waals surface area contributed by atoms with Crippen molar-refractivity contribution in [2.45, 2.75) is 25.9 Å². The Morgan fingerprint density at radius 3 is 2.68 bits per heavy atom. The average Bonchev–Trinajstić information content (AvgIpc) is 2.45. The number of benzene rings is 1. The number of methoxy groups -OCH3 is 1. The Hall–Kier alpha value is -0.970. The van der Waals surface area contributed by atoms with E-state index in [0.717, 1.165) is 18.4 Å². The van der Waals surface area contributed by atoms with E-state index in [4.69, 9.17) is 32.7 Å². The highest BCUT2D eigenvalue weighted by Gasteiger charge is 2.38. The molecule has 1 aromatic carbocycles. The zero-order chi connectivity index (χ0) is 16.1. The Balaban J connectivity index is 1.89. The molecule has 1 unspecified atom stereocenters. The molecule has 0 radical (unpaired) electrons. The number of carbonyl (C=O) groups excluding carboxylic acids is 1. The Kier molecular flexibility index (Phi) is 6.36. The molecule has 1 aliphatic rings. The van der Waals surface area contributed by atoms with Crippen LogP contribution in [0.25, 0.3) is 0 Å².